The summed E-state index contributed by atoms with van der Waals surface area (Å²) >= 11 is 5.56. The molecule has 0 amide bonds. The van der Waals surface area contributed by atoms with E-state index in [1.54, 1.807) is 0 Å². The molecule has 0 spiro atoms. The summed E-state index contributed by atoms with van der Waals surface area (Å²) in [5, 5.41) is 8.75. The van der Waals surface area contributed by atoms with Gasteiger partial charge in [0.05, 0.1) is 10.6 Å². The highest BCUT2D eigenvalue weighted by Crippen LogP contribution is 2.27. The third-order valence-electron chi connectivity index (χ3n) is 1.73. The van der Waals surface area contributed by atoms with Crippen LogP contribution in [0.25, 0.3) is 0 Å². The lowest BCUT2D eigenvalue weighted by Gasteiger charge is -2.07. The van der Waals surface area contributed by atoms with E-state index in [9.17, 15) is 13.6 Å². The Kier molecular flexibility index (Phi) is 3.00. The van der Waals surface area contributed by atoms with Crippen LogP contribution in [0.2, 0.25) is 5.02 Å². The van der Waals surface area contributed by atoms with Crippen LogP contribution in [0.15, 0.2) is 6.20 Å². The largest absolute Gasteiger partial charge is 0.478 e. The van der Waals surface area contributed by atoms with Crippen LogP contribution in [-0.4, -0.2) is 16.1 Å². The van der Waals surface area contributed by atoms with E-state index in [0.717, 1.165) is 6.20 Å². The second-order valence-electron chi connectivity index (χ2n) is 2.60. The van der Waals surface area contributed by atoms with Gasteiger partial charge in [-0.25, -0.2) is 13.6 Å². The normalized spacial score (nSPS) is 10.6. The number of carboxylic acids is 1. The molecule has 0 saturated heterocycles. The maximum atomic E-state index is 12.3. The first kappa shape index (κ1) is 10.8. The van der Waals surface area contributed by atoms with E-state index in [0.29, 0.717) is 0 Å². The number of pyridine rings is 1. The molecule has 76 valence electrons. The molecule has 14 heavy (non-hydrogen) atoms. The highest BCUT2D eigenvalue weighted by molar-refractivity contribution is 6.31. The Morgan fingerprint density at radius 1 is 1.64 bits per heavy atom. The first-order valence-corrected chi connectivity index (χ1v) is 3.99. The summed E-state index contributed by atoms with van der Waals surface area (Å²) in [6.07, 6.45) is -1.90. The van der Waals surface area contributed by atoms with Gasteiger partial charge in [-0.05, 0) is 12.5 Å². The molecule has 1 aromatic heterocycles. The molecule has 0 radical (unpaired) electrons. The highest BCUT2D eigenvalue weighted by atomic mass is 35.5. The average Bonchev–Trinajstić information content (AvgIpc) is 2.08. The first-order valence-electron chi connectivity index (χ1n) is 3.61. The van der Waals surface area contributed by atoms with Gasteiger partial charge in [-0.2, -0.15) is 0 Å². The molecule has 0 fully saturated rings. The summed E-state index contributed by atoms with van der Waals surface area (Å²) in [7, 11) is 0. The van der Waals surface area contributed by atoms with Crippen LogP contribution in [0.5, 0.6) is 0 Å². The van der Waals surface area contributed by atoms with E-state index in [1.165, 1.54) is 6.92 Å². The number of carbonyl (C=O) groups is 1. The van der Waals surface area contributed by atoms with Crippen LogP contribution in [0, 0.1) is 6.92 Å². The zero-order chi connectivity index (χ0) is 10.9. The van der Waals surface area contributed by atoms with E-state index < -0.39 is 23.7 Å². The van der Waals surface area contributed by atoms with Crippen molar-refractivity contribution < 1.29 is 18.7 Å². The fourth-order valence-electron chi connectivity index (χ4n) is 1.03. The second-order valence-corrected chi connectivity index (χ2v) is 3.00. The minimum Gasteiger partial charge on any atom is -0.478 e. The van der Waals surface area contributed by atoms with Crippen LogP contribution in [0.3, 0.4) is 0 Å². The molecule has 0 aliphatic rings. The summed E-state index contributed by atoms with van der Waals surface area (Å²) in [4.78, 5) is 14.0. The van der Waals surface area contributed by atoms with Crippen molar-refractivity contribution in [2.24, 2.45) is 0 Å². The van der Waals surface area contributed by atoms with E-state index in [4.69, 9.17) is 16.7 Å². The van der Waals surface area contributed by atoms with Gasteiger partial charge < -0.3 is 5.11 Å². The Hall–Kier alpha value is -1.23. The summed E-state index contributed by atoms with van der Waals surface area (Å²) in [5.74, 6) is -1.45. The third-order valence-corrected chi connectivity index (χ3v) is 2.11. The zero-order valence-corrected chi connectivity index (χ0v) is 7.85. The van der Waals surface area contributed by atoms with Gasteiger partial charge in [0.25, 0.3) is 6.43 Å². The number of halogens is 3. The number of alkyl halides is 2. The van der Waals surface area contributed by atoms with Gasteiger partial charge in [-0.15, -0.1) is 0 Å². The van der Waals surface area contributed by atoms with Crippen molar-refractivity contribution in [1.29, 1.82) is 0 Å². The van der Waals surface area contributed by atoms with Gasteiger partial charge in [0.15, 0.2) is 0 Å². The van der Waals surface area contributed by atoms with E-state index in [2.05, 4.69) is 4.98 Å². The lowest BCUT2D eigenvalue weighted by molar-refractivity contribution is 0.0681. The lowest BCUT2D eigenvalue weighted by atomic mass is 10.1. The predicted octanol–water partition coefficient (Wildman–Crippen LogP) is 2.68. The van der Waals surface area contributed by atoms with Crippen molar-refractivity contribution in [2.75, 3.05) is 0 Å². The number of aromatic carboxylic acids is 1. The number of nitrogens with zero attached hydrogens (tertiary/aromatic N) is 1. The first-order chi connectivity index (χ1) is 6.45. The molecule has 0 aromatic carbocycles. The van der Waals surface area contributed by atoms with Crippen LogP contribution >= 0.6 is 11.6 Å². The van der Waals surface area contributed by atoms with Gasteiger partial charge in [0.2, 0.25) is 0 Å². The van der Waals surface area contributed by atoms with Crippen LogP contribution in [0.4, 0.5) is 8.78 Å². The van der Waals surface area contributed by atoms with Crippen LogP contribution in [0.1, 0.15) is 28.0 Å². The maximum absolute atomic E-state index is 12.3. The monoisotopic (exact) mass is 221 g/mol. The SMILES string of the molecule is Cc1c(Cl)cnc(C(F)F)c1C(=O)O. The number of hydrogen-bond acceptors (Lipinski definition) is 2. The fraction of sp³-hybridized carbons (Fsp3) is 0.250. The van der Waals surface area contributed by atoms with E-state index >= 15 is 0 Å². The quantitative estimate of drug-likeness (QED) is 0.835. The standard InChI is InChI=1S/C8H6ClF2NO2/c1-3-4(9)2-12-6(7(10)11)5(3)8(13)14/h2,7H,1H3,(H,13,14). The number of rotatable bonds is 2. The van der Waals surface area contributed by atoms with Gasteiger partial charge in [-0.3, -0.25) is 4.98 Å². The molecule has 1 heterocycles. The van der Waals surface area contributed by atoms with Crippen molar-refractivity contribution in [2.45, 2.75) is 13.3 Å². The van der Waals surface area contributed by atoms with Crippen LogP contribution in [-0.2, 0) is 0 Å². The van der Waals surface area contributed by atoms with Gasteiger partial charge in [0, 0.05) is 6.20 Å². The lowest BCUT2D eigenvalue weighted by Crippen LogP contribution is -2.08. The molecule has 1 N–H and O–H groups in total. The Morgan fingerprint density at radius 3 is 2.64 bits per heavy atom. The fourth-order valence-corrected chi connectivity index (χ4v) is 1.18. The average molecular weight is 222 g/mol. The van der Waals surface area contributed by atoms with Crippen molar-refractivity contribution in [1.82, 2.24) is 4.98 Å². The summed E-state index contributed by atoms with van der Waals surface area (Å²) in [6, 6.07) is 0. The molecule has 3 nitrogen and oxygen atoms in total. The predicted molar refractivity (Wildman–Crippen MR) is 45.9 cm³/mol. The molecule has 0 atom stereocenters. The highest BCUT2D eigenvalue weighted by Gasteiger charge is 2.22. The molecular weight excluding hydrogens is 216 g/mol. The van der Waals surface area contributed by atoms with Crippen molar-refractivity contribution in [3.05, 3.63) is 28.0 Å². The minimum absolute atomic E-state index is 0.0619. The Balaban J connectivity index is 3.45. The van der Waals surface area contributed by atoms with Crippen LogP contribution < -0.4 is 0 Å². The molecule has 0 bridgehead atoms. The number of hydrogen-bond donors (Lipinski definition) is 1. The topological polar surface area (TPSA) is 50.2 Å². The summed E-state index contributed by atoms with van der Waals surface area (Å²) in [6.45, 7) is 1.36. The third kappa shape index (κ3) is 1.82. The van der Waals surface area contributed by atoms with E-state index in [-0.39, 0.29) is 10.6 Å². The minimum atomic E-state index is -2.92. The molecule has 6 heteroatoms. The van der Waals surface area contributed by atoms with Gasteiger partial charge in [-0.1, -0.05) is 11.6 Å². The number of carboxylic acid groups (broad SMARTS) is 1. The molecular formula is C8H6ClF2NO2. The van der Waals surface area contributed by atoms with E-state index in [1.807, 2.05) is 0 Å². The number of aromatic nitrogens is 1. The molecule has 0 aliphatic heterocycles. The Bertz CT molecular complexity index is 382. The molecule has 0 aliphatic carbocycles. The van der Waals surface area contributed by atoms with Gasteiger partial charge >= 0.3 is 5.97 Å². The van der Waals surface area contributed by atoms with Crippen molar-refractivity contribution >= 4 is 17.6 Å². The zero-order valence-electron chi connectivity index (χ0n) is 7.09. The summed E-state index contributed by atoms with van der Waals surface area (Å²) in [5.41, 5.74) is -1.17. The van der Waals surface area contributed by atoms with Gasteiger partial charge in [0.1, 0.15) is 5.69 Å². The Morgan fingerprint density at radius 2 is 2.21 bits per heavy atom. The molecule has 0 unspecified atom stereocenters. The van der Waals surface area contributed by atoms with Crippen molar-refractivity contribution in [3.8, 4) is 0 Å². The summed E-state index contributed by atoms with van der Waals surface area (Å²) < 4.78 is 24.7. The molecule has 1 rings (SSSR count). The maximum Gasteiger partial charge on any atom is 0.338 e. The second kappa shape index (κ2) is 3.88. The molecule has 0 saturated carbocycles. The Labute approximate surface area is 83.3 Å². The van der Waals surface area contributed by atoms with Crippen molar-refractivity contribution in [3.63, 3.8) is 0 Å². The molecule has 1 aromatic rings. The smallest absolute Gasteiger partial charge is 0.338 e.